The molecule has 4 rings (SSSR count). The fourth-order valence-corrected chi connectivity index (χ4v) is 3.39. The normalized spacial score (nSPS) is 13.6. The van der Waals surface area contributed by atoms with E-state index < -0.39 is 5.91 Å². The molecule has 0 atom stereocenters. The van der Waals surface area contributed by atoms with Crippen LogP contribution in [0, 0.1) is 0 Å². The highest BCUT2D eigenvalue weighted by Crippen LogP contribution is 2.35. The lowest BCUT2D eigenvalue weighted by Crippen LogP contribution is -2.21. The molecule has 6 heteroatoms. The van der Waals surface area contributed by atoms with Crippen LogP contribution in [0.15, 0.2) is 36.4 Å². The van der Waals surface area contributed by atoms with E-state index in [9.17, 15) is 4.79 Å². The summed E-state index contributed by atoms with van der Waals surface area (Å²) in [6.07, 6.45) is 0. The highest BCUT2D eigenvalue weighted by molar-refractivity contribution is 7.00. The van der Waals surface area contributed by atoms with E-state index >= 15 is 0 Å². The van der Waals surface area contributed by atoms with Gasteiger partial charge in [0, 0.05) is 13.1 Å². The van der Waals surface area contributed by atoms with Gasteiger partial charge in [0.15, 0.2) is 0 Å². The maximum absolute atomic E-state index is 11.8. The van der Waals surface area contributed by atoms with E-state index in [4.69, 9.17) is 5.73 Å². The molecule has 2 N–H and O–H groups in total. The molecular formula is C15H12N4OS. The summed E-state index contributed by atoms with van der Waals surface area (Å²) in [4.78, 5) is 13.9. The number of carbonyl (C=O) groups excluding carboxylic acids is 1. The Labute approximate surface area is 125 Å². The van der Waals surface area contributed by atoms with Crippen molar-refractivity contribution in [1.29, 1.82) is 0 Å². The van der Waals surface area contributed by atoms with Crippen molar-refractivity contribution in [2.45, 2.75) is 13.1 Å². The van der Waals surface area contributed by atoms with E-state index in [1.165, 1.54) is 11.1 Å². The van der Waals surface area contributed by atoms with Gasteiger partial charge in [0.05, 0.1) is 23.0 Å². The summed E-state index contributed by atoms with van der Waals surface area (Å²) in [7, 11) is 0. The van der Waals surface area contributed by atoms with Gasteiger partial charge in [-0.2, -0.15) is 8.75 Å². The fourth-order valence-electron chi connectivity index (χ4n) is 2.85. The van der Waals surface area contributed by atoms with Gasteiger partial charge in [0.1, 0.15) is 11.0 Å². The van der Waals surface area contributed by atoms with Crippen LogP contribution in [0.1, 0.15) is 21.5 Å². The van der Waals surface area contributed by atoms with Crippen LogP contribution >= 0.6 is 11.7 Å². The van der Waals surface area contributed by atoms with Gasteiger partial charge in [0.25, 0.3) is 5.91 Å². The first-order valence-corrected chi connectivity index (χ1v) is 7.34. The summed E-state index contributed by atoms with van der Waals surface area (Å²) in [5, 5.41) is 0. The van der Waals surface area contributed by atoms with E-state index in [0.29, 0.717) is 5.56 Å². The Balaban J connectivity index is 1.89. The number of hydrogen-bond acceptors (Lipinski definition) is 5. The second-order valence-electron chi connectivity index (χ2n) is 5.08. The summed E-state index contributed by atoms with van der Waals surface area (Å²) < 4.78 is 8.60. The molecule has 0 radical (unpaired) electrons. The van der Waals surface area contributed by atoms with Gasteiger partial charge < -0.3 is 10.6 Å². The zero-order valence-electron chi connectivity index (χ0n) is 11.1. The molecule has 1 aliphatic heterocycles. The van der Waals surface area contributed by atoms with Crippen molar-refractivity contribution in [3.05, 3.63) is 53.1 Å². The van der Waals surface area contributed by atoms with Crippen molar-refractivity contribution < 1.29 is 4.79 Å². The van der Waals surface area contributed by atoms with Crippen LogP contribution in [0.25, 0.3) is 11.0 Å². The topological polar surface area (TPSA) is 72.1 Å². The fraction of sp³-hybridized carbons (Fsp3) is 0.133. The number of amides is 1. The molecule has 1 aliphatic rings. The summed E-state index contributed by atoms with van der Waals surface area (Å²) in [6, 6.07) is 11.8. The lowest BCUT2D eigenvalue weighted by Gasteiger charge is -2.20. The molecular weight excluding hydrogens is 284 g/mol. The molecule has 1 aromatic heterocycles. The summed E-state index contributed by atoms with van der Waals surface area (Å²) in [6.45, 7) is 1.51. The monoisotopic (exact) mass is 296 g/mol. The molecule has 21 heavy (non-hydrogen) atoms. The second kappa shape index (κ2) is 4.53. The first-order valence-electron chi connectivity index (χ1n) is 6.61. The average molecular weight is 296 g/mol. The SMILES string of the molecule is NC(=O)c1ccc2nsnc2c1N1Cc2ccccc2C1. The van der Waals surface area contributed by atoms with E-state index in [1.807, 2.05) is 12.1 Å². The predicted octanol–water partition coefficient (Wildman–Crippen LogP) is 2.31. The molecule has 104 valence electrons. The summed E-state index contributed by atoms with van der Waals surface area (Å²) in [5.41, 5.74) is 10.9. The van der Waals surface area contributed by atoms with Crippen LogP contribution in [0.3, 0.4) is 0 Å². The molecule has 0 unspecified atom stereocenters. The number of fused-ring (bicyclic) bond motifs is 2. The molecule has 1 amide bonds. The molecule has 2 aromatic carbocycles. The molecule has 0 spiro atoms. The second-order valence-corrected chi connectivity index (χ2v) is 5.61. The van der Waals surface area contributed by atoms with Gasteiger partial charge in [-0.3, -0.25) is 4.79 Å². The quantitative estimate of drug-likeness (QED) is 0.787. The summed E-state index contributed by atoms with van der Waals surface area (Å²) >= 11 is 1.15. The molecule has 0 saturated carbocycles. The number of nitrogens with two attached hydrogens (primary N) is 1. The minimum atomic E-state index is -0.434. The van der Waals surface area contributed by atoms with E-state index in [-0.39, 0.29) is 0 Å². The van der Waals surface area contributed by atoms with Gasteiger partial charge in [-0.05, 0) is 23.3 Å². The minimum Gasteiger partial charge on any atom is -0.366 e. The molecule has 2 heterocycles. The standard InChI is InChI=1S/C15H12N4OS/c16-15(20)11-5-6-12-13(18-21-17-12)14(11)19-7-9-3-1-2-4-10(9)8-19/h1-6H,7-8H2,(H2,16,20). The number of anilines is 1. The zero-order valence-corrected chi connectivity index (χ0v) is 11.9. The van der Waals surface area contributed by atoms with Gasteiger partial charge in [-0.1, -0.05) is 24.3 Å². The van der Waals surface area contributed by atoms with Crippen LogP contribution in [0.4, 0.5) is 5.69 Å². The Morgan fingerprint density at radius 1 is 1.10 bits per heavy atom. The van der Waals surface area contributed by atoms with Gasteiger partial charge in [-0.15, -0.1) is 0 Å². The first-order chi connectivity index (χ1) is 10.2. The smallest absolute Gasteiger partial charge is 0.250 e. The molecule has 0 bridgehead atoms. The Morgan fingerprint density at radius 2 is 1.81 bits per heavy atom. The van der Waals surface area contributed by atoms with E-state index in [1.54, 1.807) is 12.1 Å². The molecule has 0 fully saturated rings. The maximum Gasteiger partial charge on any atom is 0.250 e. The predicted molar refractivity (Wildman–Crippen MR) is 82.3 cm³/mol. The van der Waals surface area contributed by atoms with Crippen molar-refractivity contribution in [1.82, 2.24) is 8.75 Å². The Morgan fingerprint density at radius 3 is 2.48 bits per heavy atom. The first kappa shape index (κ1) is 12.3. The number of benzene rings is 2. The van der Waals surface area contributed by atoms with E-state index in [2.05, 4.69) is 25.8 Å². The minimum absolute atomic E-state index is 0.434. The van der Waals surface area contributed by atoms with Gasteiger partial charge in [-0.25, -0.2) is 0 Å². The van der Waals surface area contributed by atoms with Crippen LogP contribution in [-0.2, 0) is 13.1 Å². The van der Waals surface area contributed by atoms with Crippen molar-refractivity contribution in [3.8, 4) is 0 Å². The largest absolute Gasteiger partial charge is 0.366 e. The third kappa shape index (κ3) is 1.87. The van der Waals surface area contributed by atoms with Crippen molar-refractivity contribution in [2.75, 3.05) is 4.90 Å². The zero-order chi connectivity index (χ0) is 14.4. The third-order valence-corrected chi connectivity index (χ3v) is 4.37. The highest BCUT2D eigenvalue weighted by atomic mass is 32.1. The van der Waals surface area contributed by atoms with Crippen LogP contribution in [0.2, 0.25) is 0 Å². The van der Waals surface area contributed by atoms with Gasteiger partial charge >= 0.3 is 0 Å². The number of carbonyl (C=O) groups is 1. The number of aromatic nitrogens is 2. The number of hydrogen-bond donors (Lipinski definition) is 1. The highest BCUT2D eigenvalue weighted by Gasteiger charge is 2.25. The van der Waals surface area contributed by atoms with Crippen molar-refractivity contribution >= 4 is 34.4 Å². The van der Waals surface area contributed by atoms with Crippen molar-refractivity contribution in [3.63, 3.8) is 0 Å². The van der Waals surface area contributed by atoms with E-state index in [0.717, 1.165) is 41.5 Å². The maximum atomic E-state index is 11.8. The lowest BCUT2D eigenvalue weighted by atomic mass is 10.1. The molecule has 5 nitrogen and oxygen atoms in total. The van der Waals surface area contributed by atoms with Crippen LogP contribution < -0.4 is 10.6 Å². The number of nitrogens with zero attached hydrogens (tertiary/aromatic N) is 3. The van der Waals surface area contributed by atoms with Crippen LogP contribution in [-0.4, -0.2) is 14.7 Å². The Kier molecular flexibility index (Phi) is 2.65. The van der Waals surface area contributed by atoms with Gasteiger partial charge in [0.2, 0.25) is 0 Å². The number of rotatable bonds is 2. The Bertz CT molecular complexity index is 833. The average Bonchev–Trinajstić information content (AvgIpc) is 3.11. The molecule has 0 saturated heterocycles. The molecule has 3 aromatic rings. The molecule has 0 aliphatic carbocycles. The van der Waals surface area contributed by atoms with Crippen LogP contribution in [0.5, 0.6) is 0 Å². The Hall–Kier alpha value is -2.47. The third-order valence-electron chi connectivity index (χ3n) is 3.82. The summed E-state index contributed by atoms with van der Waals surface area (Å²) in [5.74, 6) is -0.434. The number of primary amides is 1. The van der Waals surface area contributed by atoms with Crippen molar-refractivity contribution in [2.24, 2.45) is 5.73 Å². The lowest BCUT2D eigenvalue weighted by molar-refractivity contribution is 0.100.